The van der Waals surface area contributed by atoms with Gasteiger partial charge in [0.2, 0.25) is 0 Å². The zero-order chi connectivity index (χ0) is 40.3. The van der Waals surface area contributed by atoms with Gasteiger partial charge < -0.3 is 39.0 Å². The Bertz CT molecular complexity index is 2180. The molecular formula is C43H56N8O6S. The lowest BCUT2D eigenvalue weighted by Crippen LogP contribution is -2.60. The van der Waals surface area contributed by atoms with Gasteiger partial charge in [-0.05, 0) is 77.3 Å². The molecule has 0 radical (unpaired) electrons. The number of hydrogen-bond donors (Lipinski definition) is 2. The highest BCUT2D eigenvalue weighted by Gasteiger charge is 2.58. The quantitative estimate of drug-likeness (QED) is 0.230. The fourth-order valence-electron chi connectivity index (χ4n) is 9.56. The number of cyclic esters (lactones) is 1. The van der Waals surface area contributed by atoms with E-state index in [9.17, 15) is 9.59 Å². The van der Waals surface area contributed by atoms with Crippen LogP contribution in [0.5, 0.6) is 0 Å². The van der Waals surface area contributed by atoms with E-state index in [0.29, 0.717) is 44.2 Å². The lowest BCUT2D eigenvalue weighted by atomic mass is 9.72. The van der Waals surface area contributed by atoms with Crippen molar-refractivity contribution >= 4 is 39.8 Å². The first-order valence-corrected chi connectivity index (χ1v) is 21.8. The summed E-state index contributed by atoms with van der Waals surface area (Å²) in [5.41, 5.74) is 17.7. The van der Waals surface area contributed by atoms with Crippen molar-refractivity contribution in [2.45, 2.75) is 89.3 Å². The van der Waals surface area contributed by atoms with Crippen LogP contribution in [-0.4, -0.2) is 121 Å². The number of thiazole rings is 1. The van der Waals surface area contributed by atoms with Crippen molar-refractivity contribution in [2.75, 3.05) is 71.6 Å². The summed E-state index contributed by atoms with van der Waals surface area (Å²) in [5.74, 6) is -0.886. The zero-order valence-corrected chi connectivity index (χ0v) is 35.1. The molecule has 310 valence electrons. The fourth-order valence-corrected chi connectivity index (χ4v) is 10.5. The Morgan fingerprint density at radius 2 is 1.91 bits per heavy atom. The van der Waals surface area contributed by atoms with Gasteiger partial charge >= 0.3 is 5.97 Å². The number of aromatic nitrogens is 3. The number of hydrazine groups is 1. The molecular weight excluding hydrogens is 757 g/mol. The molecule has 3 N–H and O–H groups in total. The smallest absolute Gasteiger partial charge is 0.324 e. The minimum absolute atomic E-state index is 0.0849. The number of amides is 1. The monoisotopic (exact) mass is 812 g/mol. The first kappa shape index (κ1) is 39.5. The number of carbonyl (C=O) groups excluding carboxylic acids is 2. The molecule has 5 aliphatic rings. The maximum Gasteiger partial charge on any atom is 0.324 e. The maximum absolute atomic E-state index is 14.0. The minimum Gasteiger partial charge on any atom is -0.464 e. The van der Waals surface area contributed by atoms with E-state index in [-0.39, 0.29) is 42.0 Å². The average Bonchev–Trinajstić information content (AvgIpc) is 3.74. The van der Waals surface area contributed by atoms with Crippen molar-refractivity contribution in [3.63, 3.8) is 0 Å². The number of ether oxygens (including phenoxy) is 4. The highest BCUT2D eigenvalue weighted by Crippen LogP contribution is 2.66. The molecule has 1 unspecified atom stereocenters. The van der Waals surface area contributed by atoms with E-state index >= 15 is 0 Å². The third-order valence-electron chi connectivity index (χ3n) is 12.8. The van der Waals surface area contributed by atoms with E-state index in [4.69, 9.17) is 34.6 Å². The molecule has 58 heavy (non-hydrogen) atoms. The van der Waals surface area contributed by atoms with Crippen molar-refractivity contribution in [3.8, 4) is 22.5 Å². The Labute approximate surface area is 343 Å². The van der Waals surface area contributed by atoms with E-state index < -0.39 is 18.2 Å². The highest BCUT2D eigenvalue weighted by molar-refractivity contribution is 7.10. The van der Waals surface area contributed by atoms with Crippen LogP contribution in [0.3, 0.4) is 0 Å². The van der Waals surface area contributed by atoms with E-state index in [1.54, 1.807) is 7.11 Å². The van der Waals surface area contributed by atoms with Gasteiger partial charge in [-0.15, -0.1) is 11.3 Å². The summed E-state index contributed by atoms with van der Waals surface area (Å²) in [4.78, 5) is 43.0. The highest BCUT2D eigenvalue weighted by atomic mass is 32.1. The van der Waals surface area contributed by atoms with Crippen molar-refractivity contribution in [2.24, 2.45) is 11.1 Å². The molecule has 5 atom stereocenters. The number of nitrogens with zero attached hydrogens (tertiary/aromatic N) is 6. The normalized spacial score (nSPS) is 25.9. The van der Waals surface area contributed by atoms with Gasteiger partial charge in [0, 0.05) is 91.7 Å². The van der Waals surface area contributed by atoms with Gasteiger partial charge in [-0.2, -0.15) is 0 Å². The Morgan fingerprint density at radius 3 is 2.66 bits per heavy atom. The van der Waals surface area contributed by atoms with Gasteiger partial charge in [-0.1, -0.05) is 6.07 Å². The Kier molecular flexibility index (Phi) is 10.8. The van der Waals surface area contributed by atoms with Gasteiger partial charge in [-0.25, -0.2) is 10.4 Å². The summed E-state index contributed by atoms with van der Waals surface area (Å²) in [6.07, 6.45) is 3.87. The molecule has 3 fully saturated rings. The van der Waals surface area contributed by atoms with Crippen LogP contribution in [0.25, 0.3) is 33.4 Å². The van der Waals surface area contributed by atoms with Gasteiger partial charge in [-0.3, -0.25) is 19.6 Å². The Morgan fingerprint density at radius 1 is 1.10 bits per heavy atom. The SMILES string of the molecule is CCO[C@@H]1c2nc(cs2)-c2ccc3c(c2)c2c(n3CCOC(C)C)-c3cc(N4CCN(C)CC4)cnc3[C@@H](OC)C2C2(CC2)COC(=O)[C@@H]2CCCN(N2)C(=O)[C@H]1N. The first-order valence-electron chi connectivity index (χ1n) is 20.9. The molecule has 4 aromatic rings. The summed E-state index contributed by atoms with van der Waals surface area (Å²) in [5, 5.41) is 5.22. The van der Waals surface area contributed by atoms with Gasteiger partial charge in [0.15, 0.2) is 0 Å². The number of nitrogens with one attached hydrogen (secondary N) is 1. The van der Waals surface area contributed by atoms with Crippen LogP contribution in [0.2, 0.25) is 0 Å². The number of nitrogens with two attached hydrogens (primary N) is 1. The lowest BCUT2D eigenvalue weighted by molar-refractivity contribution is -0.155. The number of fused-ring (bicyclic) bond motifs is 9. The van der Waals surface area contributed by atoms with Crippen LogP contribution < -0.4 is 16.1 Å². The predicted octanol–water partition coefficient (Wildman–Crippen LogP) is 5.03. The van der Waals surface area contributed by atoms with E-state index in [1.807, 2.05) is 18.5 Å². The van der Waals surface area contributed by atoms with Crippen LogP contribution in [0, 0.1) is 5.41 Å². The summed E-state index contributed by atoms with van der Waals surface area (Å²) in [6.45, 7) is 12.0. The van der Waals surface area contributed by atoms with E-state index in [1.165, 1.54) is 21.9 Å². The minimum atomic E-state index is -1.03. The number of carbonyl (C=O) groups is 2. The molecule has 6 bridgehead atoms. The fraction of sp³-hybridized carbons (Fsp3) is 0.581. The van der Waals surface area contributed by atoms with Crippen molar-refractivity contribution in [1.82, 2.24) is 29.9 Å². The Balaban J connectivity index is 1.25. The standard InChI is InChI=1S/C43H56N8O6S/c1-6-55-39-35(44)41(52)51-13-7-8-30(47-51)42(53)57-24-43(11-12-43)34-33-28-20-26(31-23-58-40(39)46-31)9-10-32(28)50(18-19-56-25(2)3)37(33)29-21-27(22-45-36(29)38(34)54-5)49-16-14-48(4)15-17-49/h9-10,20-23,25,30,34-35,38-39,47H,6-8,11-19,24,44H2,1-5H3/t30-,34?,35-,38-,39-/m0/s1. The maximum atomic E-state index is 14.0. The number of anilines is 1. The van der Waals surface area contributed by atoms with E-state index in [2.05, 4.69) is 65.0 Å². The number of rotatable bonds is 8. The largest absolute Gasteiger partial charge is 0.464 e. The lowest BCUT2D eigenvalue weighted by Gasteiger charge is -2.39. The molecule has 1 amide bonds. The number of benzene rings is 1. The second-order valence-corrected chi connectivity index (χ2v) is 17.8. The number of esters is 1. The van der Waals surface area contributed by atoms with Crippen LogP contribution >= 0.6 is 11.3 Å². The van der Waals surface area contributed by atoms with Gasteiger partial charge in [0.25, 0.3) is 5.91 Å². The third-order valence-corrected chi connectivity index (χ3v) is 13.7. The topological polar surface area (TPSA) is 150 Å². The molecule has 2 saturated heterocycles. The zero-order valence-electron chi connectivity index (χ0n) is 34.2. The summed E-state index contributed by atoms with van der Waals surface area (Å²) in [6, 6.07) is 7.18. The first-order chi connectivity index (χ1) is 28.1. The van der Waals surface area contributed by atoms with Gasteiger partial charge in [0.05, 0.1) is 48.3 Å². The molecule has 3 aromatic heterocycles. The molecule has 14 nitrogen and oxygen atoms in total. The van der Waals surface area contributed by atoms with Gasteiger partial charge in [0.1, 0.15) is 29.3 Å². The number of hydrogen-bond acceptors (Lipinski definition) is 13. The molecule has 3 aliphatic heterocycles. The molecule has 1 saturated carbocycles. The summed E-state index contributed by atoms with van der Waals surface area (Å²) in [7, 11) is 3.95. The van der Waals surface area contributed by atoms with Crippen molar-refractivity contribution < 1.29 is 28.5 Å². The van der Waals surface area contributed by atoms with E-state index in [0.717, 1.165) is 83.8 Å². The second kappa shape index (κ2) is 15.9. The number of pyridine rings is 1. The van der Waals surface area contributed by atoms with Crippen LogP contribution in [-0.2, 0) is 35.1 Å². The average molecular weight is 813 g/mol. The van der Waals surface area contributed by atoms with Crippen LogP contribution in [0.4, 0.5) is 5.69 Å². The molecule has 1 spiro atoms. The van der Waals surface area contributed by atoms with Crippen molar-refractivity contribution in [1.29, 1.82) is 0 Å². The number of likely N-dealkylation sites (N-methyl/N-ethyl adjacent to an activating group) is 1. The Hall–Kier alpha value is -3.96. The van der Waals surface area contributed by atoms with Crippen LogP contribution in [0.15, 0.2) is 35.8 Å². The number of piperazine rings is 1. The molecule has 15 heteroatoms. The summed E-state index contributed by atoms with van der Waals surface area (Å²) < 4.78 is 27.6. The summed E-state index contributed by atoms with van der Waals surface area (Å²) >= 11 is 1.44. The van der Waals surface area contributed by atoms with Crippen LogP contribution in [0.1, 0.15) is 80.8 Å². The number of methoxy groups -OCH3 is 1. The van der Waals surface area contributed by atoms with Crippen molar-refractivity contribution in [3.05, 3.63) is 52.1 Å². The molecule has 6 heterocycles. The third kappa shape index (κ3) is 7.01. The molecule has 1 aromatic carbocycles. The molecule has 2 aliphatic carbocycles. The predicted molar refractivity (Wildman–Crippen MR) is 222 cm³/mol. The molecule has 9 rings (SSSR count). The second-order valence-electron chi connectivity index (χ2n) is 16.9.